The minimum Gasteiger partial charge on any atom is -0.391 e. The lowest BCUT2D eigenvalue weighted by molar-refractivity contribution is -0.127. The van der Waals surface area contributed by atoms with Crippen LogP contribution in [-0.4, -0.2) is 52.2 Å². The molecule has 7 heteroatoms. The Balaban J connectivity index is 2.90. The van der Waals surface area contributed by atoms with E-state index in [-0.39, 0.29) is 49.1 Å². The number of ketones is 3. The second-order valence-electron chi connectivity index (χ2n) is 9.65. The maximum atomic E-state index is 12.5. The zero-order valence-corrected chi connectivity index (χ0v) is 20.8. The lowest BCUT2D eigenvalue weighted by Crippen LogP contribution is -2.45. The summed E-state index contributed by atoms with van der Waals surface area (Å²) in [4.78, 5) is 47.5. The summed E-state index contributed by atoms with van der Waals surface area (Å²) in [5.74, 6) is -0.371. The summed E-state index contributed by atoms with van der Waals surface area (Å²) in [5.41, 5.74) is 0.953. The Labute approximate surface area is 203 Å². The second kappa shape index (κ2) is 16.3. The van der Waals surface area contributed by atoms with Crippen LogP contribution in [0.3, 0.4) is 0 Å². The van der Waals surface area contributed by atoms with E-state index in [2.05, 4.69) is 19.2 Å². The molecule has 34 heavy (non-hydrogen) atoms. The summed E-state index contributed by atoms with van der Waals surface area (Å²) in [5, 5.41) is 22.9. The van der Waals surface area contributed by atoms with Gasteiger partial charge in [0.1, 0.15) is 18.2 Å². The van der Waals surface area contributed by atoms with Crippen LogP contribution in [0.4, 0.5) is 0 Å². The predicted octanol–water partition coefficient (Wildman–Crippen LogP) is 3.19. The number of carbonyl (C=O) groups excluding carboxylic acids is 4. The Bertz CT molecular complexity index is 777. The number of hydrogen-bond donors (Lipinski definition) is 3. The lowest BCUT2D eigenvalue weighted by Gasteiger charge is -2.28. The first-order valence-corrected chi connectivity index (χ1v) is 12.3. The van der Waals surface area contributed by atoms with Crippen molar-refractivity contribution in [1.29, 1.82) is 0 Å². The summed E-state index contributed by atoms with van der Waals surface area (Å²) in [6.07, 6.45) is 2.21. The molecule has 0 unspecified atom stereocenters. The van der Waals surface area contributed by atoms with E-state index < -0.39 is 24.5 Å². The van der Waals surface area contributed by atoms with Crippen molar-refractivity contribution < 1.29 is 29.4 Å². The first kappa shape index (κ1) is 29.7. The van der Waals surface area contributed by atoms with Gasteiger partial charge in [-0.1, -0.05) is 50.6 Å². The third-order valence-corrected chi connectivity index (χ3v) is 5.92. The average Bonchev–Trinajstić information content (AvgIpc) is 2.79. The summed E-state index contributed by atoms with van der Waals surface area (Å²) < 4.78 is 0. The van der Waals surface area contributed by atoms with E-state index in [4.69, 9.17) is 5.11 Å². The number of nitrogens with one attached hydrogen (secondary N) is 1. The standard InChI is InChI=1S/C27H41NO6/c1-19(2)9-11-22(15-23(31)12-10-20(3)30)17-26(33)25(16-21-7-5-4-6-8-21)28-27(34)14-13-24(32)18-29/h4-8,19,22,25-26,29,33H,9-18H2,1-3H3,(H,28,34)/t22-,25+,26+/m1/s1. The number of hydrogen-bond acceptors (Lipinski definition) is 6. The maximum Gasteiger partial charge on any atom is 0.220 e. The van der Waals surface area contributed by atoms with Gasteiger partial charge in [-0.25, -0.2) is 0 Å². The van der Waals surface area contributed by atoms with Crippen molar-refractivity contribution in [2.75, 3.05) is 6.61 Å². The summed E-state index contributed by atoms with van der Waals surface area (Å²) in [7, 11) is 0. The van der Waals surface area contributed by atoms with Crippen molar-refractivity contribution in [2.24, 2.45) is 11.8 Å². The van der Waals surface area contributed by atoms with E-state index in [1.165, 1.54) is 6.92 Å². The zero-order valence-electron chi connectivity index (χ0n) is 20.8. The van der Waals surface area contributed by atoms with Gasteiger partial charge in [0.15, 0.2) is 5.78 Å². The van der Waals surface area contributed by atoms with Gasteiger partial charge in [-0.05, 0) is 43.6 Å². The molecule has 3 atom stereocenters. The Morgan fingerprint density at radius 2 is 1.56 bits per heavy atom. The van der Waals surface area contributed by atoms with Crippen molar-refractivity contribution in [1.82, 2.24) is 5.32 Å². The molecule has 7 nitrogen and oxygen atoms in total. The SMILES string of the molecule is CC(=O)CCC(=O)C[C@@H](CCC(C)C)C[C@H](O)[C@H](Cc1ccccc1)NC(=O)CCC(=O)CO. The summed E-state index contributed by atoms with van der Waals surface area (Å²) in [6.45, 7) is 5.09. The molecule has 0 aliphatic carbocycles. The quantitative estimate of drug-likeness (QED) is 0.300. The monoisotopic (exact) mass is 475 g/mol. The van der Waals surface area contributed by atoms with Crippen molar-refractivity contribution in [3.05, 3.63) is 35.9 Å². The number of aliphatic hydroxyl groups is 2. The van der Waals surface area contributed by atoms with Crippen LogP contribution in [0.15, 0.2) is 30.3 Å². The fraction of sp³-hybridized carbons (Fsp3) is 0.630. The first-order valence-electron chi connectivity index (χ1n) is 12.3. The van der Waals surface area contributed by atoms with Gasteiger partial charge < -0.3 is 20.3 Å². The average molecular weight is 476 g/mol. The Kier molecular flexibility index (Phi) is 14.2. The normalized spacial score (nSPS) is 13.8. The van der Waals surface area contributed by atoms with E-state index in [9.17, 15) is 24.3 Å². The van der Waals surface area contributed by atoms with Gasteiger partial charge in [0, 0.05) is 32.1 Å². The molecule has 0 saturated heterocycles. The van der Waals surface area contributed by atoms with Gasteiger partial charge in [-0.15, -0.1) is 0 Å². The molecule has 0 spiro atoms. The molecule has 0 aromatic heterocycles. The molecule has 0 bridgehead atoms. The van der Waals surface area contributed by atoms with Crippen LogP contribution in [0.25, 0.3) is 0 Å². The fourth-order valence-electron chi connectivity index (χ4n) is 3.88. The molecule has 0 radical (unpaired) electrons. The van der Waals surface area contributed by atoms with Crippen molar-refractivity contribution in [3.8, 4) is 0 Å². The molecule has 1 aromatic rings. The minimum absolute atomic E-state index is 0.0160. The van der Waals surface area contributed by atoms with Gasteiger partial charge in [0.25, 0.3) is 0 Å². The first-order chi connectivity index (χ1) is 16.1. The summed E-state index contributed by atoms with van der Waals surface area (Å²) in [6, 6.07) is 8.93. The summed E-state index contributed by atoms with van der Waals surface area (Å²) >= 11 is 0. The largest absolute Gasteiger partial charge is 0.391 e. The lowest BCUT2D eigenvalue weighted by atomic mass is 9.85. The molecule has 1 amide bonds. The molecule has 190 valence electrons. The van der Waals surface area contributed by atoms with Crippen molar-refractivity contribution in [3.63, 3.8) is 0 Å². The molecule has 1 rings (SSSR count). The highest BCUT2D eigenvalue weighted by Gasteiger charge is 2.26. The third-order valence-electron chi connectivity index (χ3n) is 5.92. The van der Waals surface area contributed by atoms with Crippen LogP contribution in [0.1, 0.15) is 77.7 Å². The van der Waals surface area contributed by atoms with E-state index in [1.807, 2.05) is 30.3 Å². The molecule has 1 aromatic carbocycles. The Hall–Kier alpha value is -2.38. The number of aliphatic hydroxyl groups excluding tert-OH is 2. The predicted molar refractivity (Wildman–Crippen MR) is 131 cm³/mol. The molecule has 0 heterocycles. The smallest absolute Gasteiger partial charge is 0.220 e. The molecular weight excluding hydrogens is 434 g/mol. The highest BCUT2D eigenvalue weighted by molar-refractivity contribution is 5.86. The van der Waals surface area contributed by atoms with E-state index in [1.54, 1.807) is 0 Å². The van der Waals surface area contributed by atoms with Gasteiger partial charge in [-0.2, -0.15) is 0 Å². The number of amides is 1. The van der Waals surface area contributed by atoms with Crippen LogP contribution in [0.5, 0.6) is 0 Å². The minimum atomic E-state index is -0.879. The number of rotatable bonds is 18. The Morgan fingerprint density at radius 1 is 0.912 bits per heavy atom. The van der Waals surface area contributed by atoms with Crippen LogP contribution in [0.2, 0.25) is 0 Å². The van der Waals surface area contributed by atoms with Gasteiger partial charge in [-0.3, -0.25) is 14.4 Å². The van der Waals surface area contributed by atoms with E-state index in [0.29, 0.717) is 25.2 Å². The number of Topliss-reactive ketones (excluding diaryl/α,β-unsaturated/α-hetero) is 3. The molecule has 0 fully saturated rings. The van der Waals surface area contributed by atoms with Crippen molar-refractivity contribution >= 4 is 23.3 Å². The molecule has 0 aliphatic heterocycles. The number of benzene rings is 1. The number of carbonyl (C=O) groups is 4. The highest BCUT2D eigenvalue weighted by Crippen LogP contribution is 2.24. The van der Waals surface area contributed by atoms with E-state index in [0.717, 1.165) is 18.4 Å². The second-order valence-corrected chi connectivity index (χ2v) is 9.65. The van der Waals surface area contributed by atoms with Gasteiger partial charge >= 0.3 is 0 Å². The van der Waals surface area contributed by atoms with Crippen LogP contribution < -0.4 is 5.32 Å². The van der Waals surface area contributed by atoms with Gasteiger partial charge in [0.2, 0.25) is 5.91 Å². The molecule has 0 saturated carbocycles. The highest BCUT2D eigenvalue weighted by atomic mass is 16.3. The fourth-order valence-corrected chi connectivity index (χ4v) is 3.88. The Morgan fingerprint density at radius 3 is 2.15 bits per heavy atom. The van der Waals surface area contributed by atoms with Crippen LogP contribution >= 0.6 is 0 Å². The maximum absolute atomic E-state index is 12.5. The van der Waals surface area contributed by atoms with Crippen molar-refractivity contribution in [2.45, 2.75) is 90.7 Å². The molecule has 3 N–H and O–H groups in total. The van der Waals surface area contributed by atoms with Crippen LogP contribution in [-0.2, 0) is 25.6 Å². The van der Waals surface area contributed by atoms with Gasteiger partial charge in [0.05, 0.1) is 12.1 Å². The molecular formula is C27H41NO6. The zero-order chi connectivity index (χ0) is 25.5. The molecule has 0 aliphatic rings. The van der Waals surface area contributed by atoms with Crippen LogP contribution in [0, 0.1) is 11.8 Å². The third kappa shape index (κ3) is 13.4. The van der Waals surface area contributed by atoms with E-state index >= 15 is 0 Å². The topological polar surface area (TPSA) is 121 Å².